The third kappa shape index (κ3) is 9.06. The zero-order valence-corrected chi connectivity index (χ0v) is 14.8. The van der Waals surface area contributed by atoms with E-state index in [1.165, 1.54) is 22.3 Å². The van der Waals surface area contributed by atoms with Gasteiger partial charge in [0.1, 0.15) is 0 Å². The molecular formula is C14H18Cl2Zr. The SMILES string of the molecule is CC1=C(C)CC=[C-]1.CC1=[C-]C(C)=CC1.[Cl-].[Cl-].[Zr+4]. The van der Waals surface area contributed by atoms with Crippen LogP contribution in [0.25, 0.3) is 0 Å². The van der Waals surface area contributed by atoms with Crippen molar-refractivity contribution in [1.29, 1.82) is 0 Å². The summed E-state index contributed by atoms with van der Waals surface area (Å²) in [5.41, 5.74) is 5.43. The third-order valence-corrected chi connectivity index (χ3v) is 2.49. The molecule has 0 amide bonds. The van der Waals surface area contributed by atoms with Crippen molar-refractivity contribution in [1.82, 2.24) is 0 Å². The molecule has 0 aromatic heterocycles. The van der Waals surface area contributed by atoms with Crippen molar-refractivity contribution in [2.45, 2.75) is 40.5 Å². The van der Waals surface area contributed by atoms with Gasteiger partial charge >= 0.3 is 26.2 Å². The Morgan fingerprint density at radius 3 is 1.71 bits per heavy atom. The van der Waals surface area contributed by atoms with E-state index in [-0.39, 0.29) is 51.0 Å². The second-order valence-corrected chi connectivity index (χ2v) is 3.95. The van der Waals surface area contributed by atoms with Gasteiger partial charge in [-0.1, -0.05) is 33.6 Å². The first-order chi connectivity index (χ1) is 6.59. The van der Waals surface area contributed by atoms with Crippen molar-refractivity contribution in [3.8, 4) is 0 Å². The fourth-order valence-electron chi connectivity index (χ4n) is 1.38. The van der Waals surface area contributed by atoms with E-state index in [1.807, 2.05) is 0 Å². The second kappa shape index (κ2) is 11.5. The fourth-order valence-corrected chi connectivity index (χ4v) is 1.38. The molecule has 0 atom stereocenters. The van der Waals surface area contributed by atoms with Gasteiger partial charge in [0.15, 0.2) is 0 Å². The molecule has 92 valence electrons. The van der Waals surface area contributed by atoms with Crippen LogP contribution in [0, 0.1) is 12.2 Å². The van der Waals surface area contributed by atoms with Gasteiger partial charge < -0.3 is 24.8 Å². The molecular weight excluding hydrogens is 330 g/mol. The van der Waals surface area contributed by atoms with Crippen LogP contribution in [0.3, 0.4) is 0 Å². The largest absolute Gasteiger partial charge is 4.00 e. The van der Waals surface area contributed by atoms with Gasteiger partial charge in [0, 0.05) is 0 Å². The van der Waals surface area contributed by atoms with Gasteiger partial charge in [-0.15, -0.1) is 6.92 Å². The second-order valence-electron chi connectivity index (χ2n) is 3.95. The molecule has 0 aliphatic heterocycles. The number of allylic oxidation sites excluding steroid dienone is 8. The van der Waals surface area contributed by atoms with Crippen LogP contribution in [0.4, 0.5) is 0 Å². The first kappa shape index (κ1) is 22.6. The average Bonchev–Trinajstić information content (AvgIpc) is 2.65. The Labute approximate surface area is 137 Å². The molecule has 2 aliphatic rings. The van der Waals surface area contributed by atoms with E-state index in [2.05, 4.69) is 52.0 Å². The first-order valence-corrected chi connectivity index (χ1v) is 5.10. The topological polar surface area (TPSA) is 0 Å². The van der Waals surface area contributed by atoms with Crippen LogP contribution in [0.1, 0.15) is 40.5 Å². The van der Waals surface area contributed by atoms with Crippen LogP contribution in [-0.4, -0.2) is 0 Å². The van der Waals surface area contributed by atoms with Crippen molar-refractivity contribution in [2.24, 2.45) is 0 Å². The Bertz CT molecular complexity index is 336. The van der Waals surface area contributed by atoms with Gasteiger partial charge in [0.05, 0.1) is 0 Å². The predicted octanol–water partition coefficient (Wildman–Crippen LogP) is -1.82. The molecule has 17 heavy (non-hydrogen) atoms. The minimum absolute atomic E-state index is 0. The molecule has 0 saturated carbocycles. The summed E-state index contributed by atoms with van der Waals surface area (Å²) in [6.07, 6.45) is 12.8. The summed E-state index contributed by atoms with van der Waals surface area (Å²) in [5, 5.41) is 0. The van der Waals surface area contributed by atoms with Gasteiger partial charge in [0.25, 0.3) is 0 Å². The summed E-state index contributed by atoms with van der Waals surface area (Å²) in [6, 6.07) is 0. The Morgan fingerprint density at radius 1 is 1.00 bits per heavy atom. The Kier molecular flexibility index (Phi) is 15.3. The van der Waals surface area contributed by atoms with Gasteiger partial charge in [-0.25, -0.2) is 22.8 Å². The molecule has 2 aliphatic carbocycles. The van der Waals surface area contributed by atoms with Gasteiger partial charge in [-0.2, -0.15) is 11.6 Å². The fraction of sp³-hybridized carbons (Fsp3) is 0.429. The van der Waals surface area contributed by atoms with Gasteiger partial charge in [0.2, 0.25) is 0 Å². The quantitative estimate of drug-likeness (QED) is 0.452. The van der Waals surface area contributed by atoms with E-state index >= 15 is 0 Å². The van der Waals surface area contributed by atoms with E-state index < -0.39 is 0 Å². The normalized spacial score (nSPS) is 15.8. The van der Waals surface area contributed by atoms with Crippen LogP contribution in [0.15, 0.2) is 34.4 Å². The molecule has 0 aromatic rings. The predicted molar refractivity (Wildman–Crippen MR) is 61.6 cm³/mol. The van der Waals surface area contributed by atoms with Crippen molar-refractivity contribution >= 4 is 0 Å². The molecule has 0 aromatic carbocycles. The summed E-state index contributed by atoms with van der Waals surface area (Å²) >= 11 is 0. The first-order valence-electron chi connectivity index (χ1n) is 5.10. The molecule has 0 bridgehead atoms. The molecule has 0 nitrogen and oxygen atoms in total. The minimum atomic E-state index is 0. The maximum Gasteiger partial charge on any atom is 4.00 e. The van der Waals surface area contributed by atoms with E-state index in [4.69, 9.17) is 0 Å². The van der Waals surface area contributed by atoms with E-state index in [0.717, 1.165) is 12.8 Å². The summed E-state index contributed by atoms with van der Waals surface area (Å²) in [6.45, 7) is 8.42. The summed E-state index contributed by atoms with van der Waals surface area (Å²) < 4.78 is 0. The van der Waals surface area contributed by atoms with Crippen molar-refractivity contribution < 1.29 is 51.0 Å². The molecule has 3 heteroatoms. The zero-order valence-electron chi connectivity index (χ0n) is 10.8. The summed E-state index contributed by atoms with van der Waals surface area (Å²) in [4.78, 5) is 0. The molecule has 0 N–H and O–H groups in total. The maximum absolute atomic E-state index is 3.19. The third-order valence-electron chi connectivity index (χ3n) is 2.49. The molecule has 0 spiro atoms. The number of hydrogen-bond acceptors (Lipinski definition) is 0. The number of halogens is 2. The minimum Gasteiger partial charge on any atom is -1.00 e. The monoisotopic (exact) mass is 346 g/mol. The van der Waals surface area contributed by atoms with Gasteiger partial charge in [-0.3, -0.25) is 12.2 Å². The Hall–Kier alpha value is 0.423. The van der Waals surface area contributed by atoms with E-state index in [1.54, 1.807) is 0 Å². The molecule has 2 rings (SSSR count). The van der Waals surface area contributed by atoms with Crippen LogP contribution >= 0.6 is 0 Å². The van der Waals surface area contributed by atoms with Crippen LogP contribution in [0.2, 0.25) is 0 Å². The summed E-state index contributed by atoms with van der Waals surface area (Å²) in [7, 11) is 0. The van der Waals surface area contributed by atoms with Crippen molar-refractivity contribution in [2.75, 3.05) is 0 Å². The van der Waals surface area contributed by atoms with Crippen LogP contribution in [0.5, 0.6) is 0 Å². The molecule has 0 radical (unpaired) electrons. The van der Waals surface area contributed by atoms with E-state index in [9.17, 15) is 0 Å². The Balaban J connectivity index is -0.000000196. The number of hydrogen-bond donors (Lipinski definition) is 0. The van der Waals surface area contributed by atoms with Crippen LogP contribution < -0.4 is 24.8 Å². The van der Waals surface area contributed by atoms with Crippen molar-refractivity contribution in [3.05, 3.63) is 46.6 Å². The summed E-state index contributed by atoms with van der Waals surface area (Å²) in [5.74, 6) is 0. The number of rotatable bonds is 0. The molecule has 0 fully saturated rings. The zero-order chi connectivity index (χ0) is 10.6. The maximum atomic E-state index is 3.19. The van der Waals surface area contributed by atoms with Crippen molar-refractivity contribution in [3.63, 3.8) is 0 Å². The van der Waals surface area contributed by atoms with Gasteiger partial charge in [-0.05, 0) is 0 Å². The van der Waals surface area contributed by atoms with E-state index in [0.29, 0.717) is 0 Å². The molecule has 0 unspecified atom stereocenters. The Morgan fingerprint density at radius 2 is 1.59 bits per heavy atom. The van der Waals surface area contributed by atoms with Crippen LogP contribution in [-0.2, 0) is 26.2 Å². The average molecular weight is 348 g/mol. The smallest absolute Gasteiger partial charge is 1.00 e. The molecule has 0 heterocycles. The standard InChI is InChI=1S/2C7H9.2ClH.Zr/c1-6-3-4-7(2)5-6;1-6-4-3-5-7(6)2;;;/h2*3H,4H2,1-2H3;2*1H;/q2*-1;;;+4/p-2. The molecule has 0 saturated heterocycles.